The van der Waals surface area contributed by atoms with E-state index in [0.29, 0.717) is 10.7 Å². The van der Waals surface area contributed by atoms with Crippen LogP contribution in [-0.4, -0.2) is 18.5 Å². The van der Waals surface area contributed by atoms with Gasteiger partial charge in [0.1, 0.15) is 5.82 Å². The van der Waals surface area contributed by atoms with E-state index >= 15 is 0 Å². The van der Waals surface area contributed by atoms with Gasteiger partial charge in [0.05, 0.1) is 16.3 Å². The second kappa shape index (κ2) is 7.24. The summed E-state index contributed by atoms with van der Waals surface area (Å²) in [5, 5.41) is 3.01. The van der Waals surface area contributed by atoms with E-state index in [1.165, 1.54) is 18.2 Å². The number of ether oxygens (including phenoxy) is 1. The topological polar surface area (TPSA) is 55.4 Å². The van der Waals surface area contributed by atoms with Gasteiger partial charge in [0.15, 0.2) is 6.61 Å². The van der Waals surface area contributed by atoms with Gasteiger partial charge in [0.25, 0.3) is 5.91 Å². The molecule has 0 spiro atoms. The van der Waals surface area contributed by atoms with Gasteiger partial charge in [-0.05, 0) is 49.2 Å². The van der Waals surface area contributed by atoms with Crippen molar-refractivity contribution in [2.45, 2.75) is 13.8 Å². The molecule has 0 unspecified atom stereocenters. The third kappa shape index (κ3) is 4.53. The van der Waals surface area contributed by atoms with E-state index in [0.717, 1.165) is 17.2 Å². The van der Waals surface area contributed by atoms with Crippen LogP contribution in [0.3, 0.4) is 0 Å². The normalized spacial score (nSPS) is 10.3. The van der Waals surface area contributed by atoms with Crippen molar-refractivity contribution in [3.8, 4) is 0 Å². The number of esters is 1. The minimum absolute atomic E-state index is 0.0438. The van der Waals surface area contributed by atoms with Crippen LogP contribution in [0.5, 0.6) is 0 Å². The monoisotopic (exact) mass is 335 g/mol. The Morgan fingerprint density at radius 3 is 2.61 bits per heavy atom. The molecule has 0 aliphatic carbocycles. The zero-order valence-electron chi connectivity index (χ0n) is 12.7. The van der Waals surface area contributed by atoms with Gasteiger partial charge >= 0.3 is 5.97 Å². The van der Waals surface area contributed by atoms with Crippen molar-refractivity contribution < 1.29 is 18.7 Å². The van der Waals surface area contributed by atoms with Crippen molar-refractivity contribution in [2.75, 3.05) is 11.9 Å². The molecule has 1 N–H and O–H groups in total. The van der Waals surface area contributed by atoms with Gasteiger partial charge in [0, 0.05) is 0 Å². The maximum Gasteiger partial charge on any atom is 0.338 e. The lowest BCUT2D eigenvalue weighted by Gasteiger charge is -2.11. The smallest absolute Gasteiger partial charge is 0.338 e. The molecule has 0 aliphatic heterocycles. The molecule has 2 rings (SSSR count). The molecular weight excluding hydrogens is 321 g/mol. The van der Waals surface area contributed by atoms with E-state index in [4.69, 9.17) is 16.3 Å². The van der Waals surface area contributed by atoms with Crippen LogP contribution >= 0.6 is 11.6 Å². The lowest BCUT2D eigenvalue weighted by atomic mass is 10.1. The highest BCUT2D eigenvalue weighted by atomic mass is 35.5. The van der Waals surface area contributed by atoms with Crippen molar-refractivity contribution in [1.29, 1.82) is 0 Å². The first-order valence-corrected chi connectivity index (χ1v) is 7.24. The van der Waals surface area contributed by atoms with E-state index in [9.17, 15) is 14.0 Å². The number of benzene rings is 2. The minimum atomic E-state index is -0.772. The number of nitrogens with one attached hydrogen (secondary N) is 1. The number of carbonyl (C=O) groups is 2. The van der Waals surface area contributed by atoms with E-state index < -0.39 is 24.3 Å². The summed E-state index contributed by atoms with van der Waals surface area (Å²) in [6, 6.07) is 8.65. The number of rotatable bonds is 4. The summed E-state index contributed by atoms with van der Waals surface area (Å²) in [6.07, 6.45) is 0. The first-order valence-electron chi connectivity index (χ1n) is 6.86. The van der Waals surface area contributed by atoms with Gasteiger partial charge in [-0.2, -0.15) is 0 Å². The zero-order valence-corrected chi connectivity index (χ0v) is 13.4. The summed E-state index contributed by atoms with van der Waals surface area (Å²) in [5.74, 6) is -1.85. The van der Waals surface area contributed by atoms with E-state index in [1.54, 1.807) is 6.07 Å². The largest absolute Gasteiger partial charge is 0.452 e. The maximum absolute atomic E-state index is 13.0. The maximum atomic E-state index is 13.0. The Labute approximate surface area is 138 Å². The lowest BCUT2D eigenvalue weighted by Crippen LogP contribution is -2.21. The second-order valence-electron chi connectivity index (χ2n) is 5.07. The summed E-state index contributed by atoms with van der Waals surface area (Å²) in [4.78, 5) is 23.6. The molecule has 2 aromatic rings. The van der Waals surface area contributed by atoms with Crippen LogP contribution in [0, 0.1) is 19.7 Å². The van der Waals surface area contributed by atoms with E-state index in [2.05, 4.69) is 5.32 Å². The van der Waals surface area contributed by atoms with Crippen molar-refractivity contribution in [1.82, 2.24) is 0 Å². The summed E-state index contributed by atoms with van der Waals surface area (Å²) in [5.41, 5.74) is 2.30. The third-order valence-electron chi connectivity index (χ3n) is 3.09. The summed E-state index contributed by atoms with van der Waals surface area (Å²) < 4.78 is 17.9. The van der Waals surface area contributed by atoms with E-state index in [1.807, 2.05) is 19.9 Å². The third-order valence-corrected chi connectivity index (χ3v) is 3.39. The summed E-state index contributed by atoms with van der Waals surface area (Å²) >= 11 is 6.09. The van der Waals surface area contributed by atoms with Crippen molar-refractivity contribution >= 4 is 29.2 Å². The van der Waals surface area contributed by atoms with Crippen LogP contribution in [0.15, 0.2) is 36.4 Å². The SMILES string of the molecule is Cc1cc(C)c(NC(=O)COC(=O)c2cccc(F)c2)c(Cl)c1. The van der Waals surface area contributed by atoms with Crippen LogP contribution in [-0.2, 0) is 9.53 Å². The number of hydrogen-bond acceptors (Lipinski definition) is 3. The fourth-order valence-corrected chi connectivity index (χ4v) is 2.45. The molecule has 0 atom stereocenters. The molecule has 2 aromatic carbocycles. The van der Waals surface area contributed by atoms with Crippen LogP contribution in [0.2, 0.25) is 5.02 Å². The van der Waals surface area contributed by atoms with Crippen LogP contribution in [0.1, 0.15) is 21.5 Å². The number of amides is 1. The van der Waals surface area contributed by atoms with Crippen molar-refractivity contribution in [3.05, 3.63) is 63.9 Å². The molecule has 1 amide bonds. The Balaban J connectivity index is 1.97. The minimum Gasteiger partial charge on any atom is -0.452 e. The summed E-state index contributed by atoms with van der Waals surface area (Å²) in [7, 11) is 0. The van der Waals surface area contributed by atoms with Crippen LogP contribution in [0.25, 0.3) is 0 Å². The molecule has 6 heteroatoms. The van der Waals surface area contributed by atoms with Crippen LogP contribution < -0.4 is 5.32 Å². The predicted molar refractivity (Wildman–Crippen MR) is 86.2 cm³/mol. The average molecular weight is 336 g/mol. The molecule has 0 saturated heterocycles. The van der Waals surface area contributed by atoms with Gasteiger partial charge in [-0.15, -0.1) is 0 Å². The van der Waals surface area contributed by atoms with Gasteiger partial charge in [-0.3, -0.25) is 4.79 Å². The molecule has 0 aromatic heterocycles. The quantitative estimate of drug-likeness (QED) is 0.862. The second-order valence-corrected chi connectivity index (χ2v) is 5.48. The standard InChI is InChI=1S/C17H15ClFNO3/c1-10-6-11(2)16(14(18)7-10)20-15(21)9-23-17(22)12-4-3-5-13(19)8-12/h3-8H,9H2,1-2H3,(H,20,21). The lowest BCUT2D eigenvalue weighted by molar-refractivity contribution is -0.119. The Hall–Kier alpha value is -2.40. The molecule has 0 radical (unpaired) electrons. The summed E-state index contributed by atoms with van der Waals surface area (Å²) in [6.45, 7) is 3.22. The highest BCUT2D eigenvalue weighted by Gasteiger charge is 2.13. The first-order chi connectivity index (χ1) is 10.9. The predicted octanol–water partition coefficient (Wildman–Crippen LogP) is 3.89. The number of hydrogen-bond donors (Lipinski definition) is 1. The fourth-order valence-electron chi connectivity index (χ4n) is 2.08. The molecule has 120 valence electrons. The van der Waals surface area contributed by atoms with Crippen molar-refractivity contribution in [2.24, 2.45) is 0 Å². The number of halogens is 2. The van der Waals surface area contributed by atoms with Gasteiger partial charge < -0.3 is 10.1 Å². The zero-order chi connectivity index (χ0) is 17.0. The molecule has 23 heavy (non-hydrogen) atoms. The van der Waals surface area contributed by atoms with Gasteiger partial charge in [-0.25, -0.2) is 9.18 Å². The average Bonchev–Trinajstić information content (AvgIpc) is 2.48. The highest BCUT2D eigenvalue weighted by molar-refractivity contribution is 6.34. The number of anilines is 1. The molecule has 0 aliphatic rings. The first kappa shape index (κ1) is 17.0. The Morgan fingerprint density at radius 1 is 1.22 bits per heavy atom. The molecule has 0 fully saturated rings. The van der Waals surface area contributed by atoms with Gasteiger partial charge in [0.2, 0.25) is 0 Å². The van der Waals surface area contributed by atoms with Crippen LogP contribution in [0.4, 0.5) is 10.1 Å². The van der Waals surface area contributed by atoms with Crippen molar-refractivity contribution in [3.63, 3.8) is 0 Å². The Bertz CT molecular complexity index is 738. The molecule has 0 heterocycles. The Morgan fingerprint density at radius 2 is 1.96 bits per heavy atom. The fraction of sp³-hybridized carbons (Fsp3) is 0.176. The number of carbonyl (C=O) groups excluding carboxylic acids is 2. The van der Waals surface area contributed by atoms with E-state index in [-0.39, 0.29) is 5.56 Å². The molecular formula is C17H15ClFNO3. The Kier molecular flexibility index (Phi) is 5.34. The van der Waals surface area contributed by atoms with Gasteiger partial charge in [-0.1, -0.05) is 23.7 Å². The number of aryl methyl sites for hydroxylation is 2. The highest BCUT2D eigenvalue weighted by Crippen LogP contribution is 2.27. The molecule has 0 bridgehead atoms. The molecule has 4 nitrogen and oxygen atoms in total. The molecule has 0 saturated carbocycles.